The van der Waals surface area contributed by atoms with Crippen LogP contribution >= 0.6 is 0 Å². The molecule has 0 saturated carbocycles. The first-order valence-corrected chi connectivity index (χ1v) is 5.40. The minimum Gasteiger partial charge on any atom is -0.248 e. The Bertz CT molecular complexity index is 842. The van der Waals surface area contributed by atoms with Crippen LogP contribution in [0.5, 0.6) is 0 Å². The number of aromatic amines is 1. The number of nitrogens with zero attached hydrogens (tertiary/aromatic N) is 3. The standard InChI is InChI=1S/C13H8N4/c1-2-4-10-9(3-1)12-11(15-10)6-5-8-7-14-17-16-13(8)12/h1-7,17H. The van der Waals surface area contributed by atoms with Crippen LogP contribution in [0.25, 0.3) is 32.7 Å². The molecular formula is C13H8N4. The summed E-state index contributed by atoms with van der Waals surface area (Å²) < 4.78 is 0. The number of nitrogens with one attached hydrogen (secondary N) is 1. The molecule has 2 aromatic heterocycles. The highest BCUT2D eigenvalue weighted by Crippen LogP contribution is 2.29. The van der Waals surface area contributed by atoms with Gasteiger partial charge < -0.3 is 0 Å². The molecule has 0 aliphatic carbocycles. The average molecular weight is 220 g/mol. The molecule has 0 fully saturated rings. The summed E-state index contributed by atoms with van der Waals surface area (Å²) in [6.07, 6.45) is 1.78. The average Bonchev–Trinajstić information content (AvgIpc) is 2.77. The molecule has 0 radical (unpaired) electrons. The first-order valence-electron chi connectivity index (χ1n) is 5.40. The van der Waals surface area contributed by atoms with E-state index in [0.717, 1.165) is 32.7 Å². The third kappa shape index (κ3) is 1.09. The van der Waals surface area contributed by atoms with Crippen LogP contribution in [0.15, 0.2) is 42.6 Å². The molecule has 0 amide bonds. The van der Waals surface area contributed by atoms with Gasteiger partial charge in [0.2, 0.25) is 0 Å². The molecule has 0 unspecified atom stereocenters. The number of hydrogen-bond donors (Lipinski definition) is 1. The predicted molar refractivity (Wildman–Crippen MR) is 66.7 cm³/mol. The number of hydrogen-bond acceptors (Lipinski definition) is 3. The van der Waals surface area contributed by atoms with Crippen LogP contribution in [0.4, 0.5) is 0 Å². The minimum absolute atomic E-state index is 0.922. The maximum absolute atomic E-state index is 4.59. The zero-order chi connectivity index (χ0) is 11.2. The van der Waals surface area contributed by atoms with Crippen molar-refractivity contribution in [3.63, 3.8) is 0 Å². The van der Waals surface area contributed by atoms with Crippen molar-refractivity contribution >= 4 is 32.7 Å². The molecule has 4 heteroatoms. The van der Waals surface area contributed by atoms with Gasteiger partial charge in [-0.05, 0) is 18.2 Å². The molecule has 0 saturated heterocycles. The van der Waals surface area contributed by atoms with Crippen LogP contribution in [-0.4, -0.2) is 20.4 Å². The Kier molecular flexibility index (Phi) is 1.53. The van der Waals surface area contributed by atoms with E-state index in [1.165, 1.54) is 0 Å². The van der Waals surface area contributed by atoms with E-state index in [1.54, 1.807) is 6.20 Å². The fraction of sp³-hybridized carbons (Fsp3) is 0. The highest BCUT2D eigenvalue weighted by molar-refractivity contribution is 6.18. The molecule has 1 N–H and O–H groups in total. The summed E-state index contributed by atoms with van der Waals surface area (Å²) in [5, 5.41) is 14.1. The normalized spacial score (nSPS) is 11.5. The molecule has 0 bridgehead atoms. The largest absolute Gasteiger partial charge is 0.248 e. The first-order chi connectivity index (χ1) is 8.43. The summed E-state index contributed by atoms with van der Waals surface area (Å²) in [6.45, 7) is 0. The van der Waals surface area contributed by atoms with E-state index in [-0.39, 0.29) is 0 Å². The van der Waals surface area contributed by atoms with Gasteiger partial charge in [-0.1, -0.05) is 18.2 Å². The van der Waals surface area contributed by atoms with Crippen LogP contribution < -0.4 is 0 Å². The number of fused-ring (bicyclic) bond motifs is 5. The summed E-state index contributed by atoms with van der Waals surface area (Å²) in [7, 11) is 0. The second-order valence-electron chi connectivity index (χ2n) is 4.00. The SMILES string of the molecule is c1ccc2c(c1)nc1ccc3cn[nH]nc3c12. The zero-order valence-corrected chi connectivity index (χ0v) is 8.88. The first kappa shape index (κ1) is 8.64. The predicted octanol–water partition coefficient (Wildman–Crippen LogP) is 2.66. The quantitative estimate of drug-likeness (QED) is 0.495. The lowest BCUT2D eigenvalue weighted by Gasteiger charge is -1.97. The van der Waals surface area contributed by atoms with Crippen molar-refractivity contribution in [3.05, 3.63) is 42.6 Å². The van der Waals surface area contributed by atoms with Gasteiger partial charge >= 0.3 is 0 Å². The van der Waals surface area contributed by atoms with E-state index in [2.05, 4.69) is 26.5 Å². The van der Waals surface area contributed by atoms with E-state index in [1.807, 2.05) is 30.3 Å². The van der Waals surface area contributed by atoms with Crippen molar-refractivity contribution in [2.75, 3.05) is 0 Å². The van der Waals surface area contributed by atoms with Crippen molar-refractivity contribution in [1.82, 2.24) is 20.4 Å². The molecule has 0 spiro atoms. The lowest BCUT2D eigenvalue weighted by Crippen LogP contribution is -1.87. The molecule has 2 aromatic carbocycles. The van der Waals surface area contributed by atoms with Gasteiger partial charge in [-0.3, -0.25) is 0 Å². The molecule has 4 aromatic rings. The van der Waals surface area contributed by atoms with Gasteiger partial charge in [-0.15, -0.1) is 0 Å². The van der Waals surface area contributed by atoms with Crippen molar-refractivity contribution < 1.29 is 0 Å². The molecular weight excluding hydrogens is 212 g/mol. The van der Waals surface area contributed by atoms with E-state index in [9.17, 15) is 0 Å². The Labute approximate surface area is 96.3 Å². The van der Waals surface area contributed by atoms with Gasteiger partial charge in [0, 0.05) is 16.2 Å². The van der Waals surface area contributed by atoms with Gasteiger partial charge in [0.05, 0.1) is 17.2 Å². The topological polar surface area (TPSA) is 54.5 Å². The molecule has 80 valence electrons. The number of benzene rings is 2. The van der Waals surface area contributed by atoms with E-state index >= 15 is 0 Å². The summed E-state index contributed by atoms with van der Waals surface area (Å²) in [5.74, 6) is 0. The lowest BCUT2D eigenvalue weighted by atomic mass is 10.1. The van der Waals surface area contributed by atoms with E-state index in [0.29, 0.717) is 0 Å². The monoisotopic (exact) mass is 220 g/mol. The van der Waals surface area contributed by atoms with Crippen LogP contribution in [-0.2, 0) is 0 Å². The second-order valence-corrected chi connectivity index (χ2v) is 4.00. The van der Waals surface area contributed by atoms with Crippen molar-refractivity contribution in [2.24, 2.45) is 0 Å². The van der Waals surface area contributed by atoms with Gasteiger partial charge in [-0.25, -0.2) is 4.98 Å². The van der Waals surface area contributed by atoms with E-state index in [4.69, 9.17) is 0 Å². The van der Waals surface area contributed by atoms with Crippen LogP contribution in [0, 0.1) is 0 Å². The fourth-order valence-electron chi connectivity index (χ4n) is 2.27. The zero-order valence-electron chi connectivity index (χ0n) is 8.88. The summed E-state index contributed by atoms with van der Waals surface area (Å²) in [6, 6.07) is 12.1. The number of para-hydroxylation sites is 1. The second kappa shape index (κ2) is 3.01. The Hall–Kier alpha value is -2.49. The highest BCUT2D eigenvalue weighted by Gasteiger charge is 2.09. The molecule has 0 aliphatic heterocycles. The fourth-order valence-corrected chi connectivity index (χ4v) is 2.27. The molecule has 0 atom stereocenters. The number of H-pyrrole nitrogens is 1. The van der Waals surface area contributed by atoms with Gasteiger partial charge in [0.1, 0.15) is 5.52 Å². The van der Waals surface area contributed by atoms with Crippen LogP contribution in [0.3, 0.4) is 0 Å². The third-order valence-electron chi connectivity index (χ3n) is 3.02. The highest BCUT2D eigenvalue weighted by atomic mass is 15.3. The maximum atomic E-state index is 4.59. The number of aromatic nitrogens is 4. The Balaban J connectivity index is 2.38. The lowest BCUT2D eigenvalue weighted by molar-refractivity contribution is 0.897. The van der Waals surface area contributed by atoms with Crippen LogP contribution in [0.1, 0.15) is 0 Å². The van der Waals surface area contributed by atoms with Crippen molar-refractivity contribution in [2.45, 2.75) is 0 Å². The molecule has 2 heterocycles. The summed E-state index contributed by atoms with van der Waals surface area (Å²) >= 11 is 0. The Morgan fingerprint density at radius 3 is 2.88 bits per heavy atom. The Morgan fingerprint density at radius 1 is 0.941 bits per heavy atom. The molecule has 0 aliphatic rings. The molecule has 4 rings (SSSR count). The third-order valence-corrected chi connectivity index (χ3v) is 3.02. The van der Waals surface area contributed by atoms with Crippen molar-refractivity contribution in [3.8, 4) is 0 Å². The minimum atomic E-state index is 0.922. The van der Waals surface area contributed by atoms with Gasteiger partial charge in [-0.2, -0.15) is 15.4 Å². The smallest absolute Gasteiger partial charge is 0.104 e. The maximum Gasteiger partial charge on any atom is 0.104 e. The summed E-state index contributed by atoms with van der Waals surface area (Å²) in [4.78, 5) is 4.59. The van der Waals surface area contributed by atoms with Crippen LogP contribution in [0.2, 0.25) is 0 Å². The summed E-state index contributed by atoms with van der Waals surface area (Å²) in [5.41, 5.74) is 2.91. The van der Waals surface area contributed by atoms with Gasteiger partial charge in [0.25, 0.3) is 0 Å². The Morgan fingerprint density at radius 2 is 1.88 bits per heavy atom. The van der Waals surface area contributed by atoms with Crippen molar-refractivity contribution in [1.29, 1.82) is 0 Å². The van der Waals surface area contributed by atoms with Gasteiger partial charge in [0.15, 0.2) is 0 Å². The van der Waals surface area contributed by atoms with E-state index < -0.39 is 0 Å². The molecule has 17 heavy (non-hydrogen) atoms. The number of rotatable bonds is 0. The molecule has 4 nitrogen and oxygen atoms in total.